The number of carbonyl (C=O) groups is 1. The molecule has 0 atom stereocenters. The average Bonchev–Trinajstić information content (AvgIpc) is 3.44. The second kappa shape index (κ2) is 6.99. The number of thioether (sulfide) groups is 1. The number of anilines is 1. The molecule has 1 aromatic heterocycles. The van der Waals surface area contributed by atoms with Gasteiger partial charge in [-0.25, -0.2) is 18.7 Å². The van der Waals surface area contributed by atoms with E-state index in [0.717, 1.165) is 53.5 Å². The van der Waals surface area contributed by atoms with E-state index in [-0.39, 0.29) is 11.3 Å². The minimum atomic E-state index is -0.855. The van der Waals surface area contributed by atoms with Gasteiger partial charge in [0.15, 0.2) is 10.9 Å². The van der Waals surface area contributed by atoms with E-state index in [1.54, 1.807) is 0 Å². The largest absolute Gasteiger partial charge is 0.367 e. The number of nitrogens with zero attached hydrogens (tertiary/aromatic N) is 2. The zero-order valence-electron chi connectivity index (χ0n) is 13.7. The normalized spacial score (nSPS) is 13.8. The van der Waals surface area contributed by atoms with Gasteiger partial charge in [0.05, 0.1) is 16.8 Å². The number of fused-ring (bicyclic) bond motifs is 1. The Kier molecular flexibility index (Phi) is 4.55. The van der Waals surface area contributed by atoms with Gasteiger partial charge in [0, 0.05) is 17.5 Å². The Bertz CT molecular complexity index is 992. The Hall–Kier alpha value is -2.54. The molecule has 132 valence electrons. The van der Waals surface area contributed by atoms with Crippen molar-refractivity contribution < 1.29 is 13.6 Å². The molecule has 0 bridgehead atoms. The Morgan fingerprint density at radius 2 is 1.96 bits per heavy atom. The topological polar surface area (TPSA) is 54.9 Å². The summed E-state index contributed by atoms with van der Waals surface area (Å²) in [7, 11) is 0. The van der Waals surface area contributed by atoms with Crippen molar-refractivity contribution >= 4 is 34.3 Å². The van der Waals surface area contributed by atoms with Gasteiger partial charge in [-0.3, -0.25) is 4.79 Å². The predicted molar refractivity (Wildman–Crippen MR) is 97.6 cm³/mol. The molecule has 4 rings (SSSR count). The highest BCUT2D eigenvalue weighted by Gasteiger charge is 2.23. The molecule has 1 fully saturated rings. The minimum absolute atomic E-state index is 0.0240. The number of benzene rings is 2. The van der Waals surface area contributed by atoms with E-state index < -0.39 is 17.4 Å². The van der Waals surface area contributed by atoms with E-state index >= 15 is 0 Å². The molecule has 1 N–H and O–H groups in total. The summed E-state index contributed by atoms with van der Waals surface area (Å²) < 4.78 is 26.7. The van der Waals surface area contributed by atoms with Crippen molar-refractivity contribution in [1.82, 2.24) is 9.97 Å². The van der Waals surface area contributed by atoms with Crippen LogP contribution >= 0.6 is 11.8 Å². The van der Waals surface area contributed by atoms with Crippen molar-refractivity contribution in [1.29, 1.82) is 0 Å². The second-order valence-electron chi connectivity index (χ2n) is 6.13. The molecule has 7 heteroatoms. The van der Waals surface area contributed by atoms with Crippen molar-refractivity contribution in [2.75, 3.05) is 11.1 Å². The number of Topliss-reactive ketones (excluding diaryl/α,β-unsaturated/α-hetero) is 1. The summed E-state index contributed by atoms with van der Waals surface area (Å²) in [5.41, 5.74) is 0.657. The SMILES string of the molecule is O=C(CSc1nc(NC2CC2)c2ccccc2n1)c1ccc(F)cc1F. The van der Waals surface area contributed by atoms with Crippen molar-refractivity contribution in [3.05, 3.63) is 59.7 Å². The number of hydrogen-bond acceptors (Lipinski definition) is 5. The molecule has 0 amide bonds. The zero-order chi connectivity index (χ0) is 18.1. The lowest BCUT2D eigenvalue weighted by atomic mass is 10.1. The number of rotatable bonds is 6. The van der Waals surface area contributed by atoms with Gasteiger partial charge in [-0.05, 0) is 37.1 Å². The van der Waals surface area contributed by atoms with Gasteiger partial charge >= 0.3 is 0 Å². The van der Waals surface area contributed by atoms with Gasteiger partial charge in [-0.1, -0.05) is 23.9 Å². The van der Waals surface area contributed by atoms with Crippen LogP contribution in [-0.2, 0) is 0 Å². The van der Waals surface area contributed by atoms with Gasteiger partial charge in [-0.2, -0.15) is 0 Å². The summed E-state index contributed by atoms with van der Waals surface area (Å²) in [6.07, 6.45) is 2.23. The molecule has 2 aromatic carbocycles. The summed E-state index contributed by atoms with van der Waals surface area (Å²) in [5, 5.41) is 4.76. The number of hydrogen-bond donors (Lipinski definition) is 1. The zero-order valence-corrected chi connectivity index (χ0v) is 14.5. The van der Waals surface area contributed by atoms with Crippen molar-refractivity contribution in [2.24, 2.45) is 0 Å². The lowest BCUT2D eigenvalue weighted by molar-refractivity contribution is 0.101. The summed E-state index contributed by atoms with van der Waals surface area (Å²) in [5.74, 6) is -1.27. The van der Waals surface area contributed by atoms with Gasteiger partial charge < -0.3 is 5.32 Å². The van der Waals surface area contributed by atoms with Crippen LogP contribution in [0.5, 0.6) is 0 Å². The number of para-hydroxylation sites is 1. The maximum Gasteiger partial charge on any atom is 0.190 e. The van der Waals surface area contributed by atoms with Gasteiger partial charge in [0.1, 0.15) is 17.5 Å². The number of aromatic nitrogens is 2. The molecule has 0 spiro atoms. The van der Waals surface area contributed by atoms with Crippen LogP contribution in [0.3, 0.4) is 0 Å². The van der Waals surface area contributed by atoms with Crippen LogP contribution in [0.25, 0.3) is 10.9 Å². The fraction of sp³-hybridized carbons (Fsp3) is 0.211. The molecule has 1 aliphatic carbocycles. The van der Waals surface area contributed by atoms with Crippen LogP contribution < -0.4 is 5.32 Å². The Balaban J connectivity index is 1.55. The highest BCUT2D eigenvalue weighted by atomic mass is 32.2. The number of nitrogens with one attached hydrogen (secondary N) is 1. The van der Waals surface area contributed by atoms with E-state index in [4.69, 9.17) is 0 Å². The summed E-state index contributed by atoms with van der Waals surface area (Å²) in [6.45, 7) is 0. The van der Waals surface area contributed by atoms with Crippen LogP contribution in [0.4, 0.5) is 14.6 Å². The summed E-state index contributed by atoms with van der Waals surface area (Å²) >= 11 is 1.14. The first-order valence-corrected chi connectivity index (χ1v) is 9.23. The fourth-order valence-corrected chi connectivity index (χ4v) is 3.31. The molecular weight excluding hydrogens is 356 g/mol. The molecule has 26 heavy (non-hydrogen) atoms. The van der Waals surface area contributed by atoms with E-state index in [2.05, 4.69) is 15.3 Å². The highest BCUT2D eigenvalue weighted by Crippen LogP contribution is 2.30. The smallest absolute Gasteiger partial charge is 0.190 e. The molecule has 0 unspecified atom stereocenters. The molecule has 4 nitrogen and oxygen atoms in total. The van der Waals surface area contributed by atoms with Crippen LogP contribution in [0.15, 0.2) is 47.6 Å². The van der Waals surface area contributed by atoms with Gasteiger partial charge in [0.25, 0.3) is 0 Å². The molecule has 1 heterocycles. The summed E-state index contributed by atoms with van der Waals surface area (Å²) in [6, 6.07) is 11.0. The highest BCUT2D eigenvalue weighted by molar-refractivity contribution is 7.99. The van der Waals surface area contributed by atoms with Crippen LogP contribution in [0, 0.1) is 11.6 Å². The number of carbonyl (C=O) groups excluding carboxylic acids is 1. The maximum atomic E-state index is 13.7. The second-order valence-corrected chi connectivity index (χ2v) is 7.07. The molecule has 1 aliphatic rings. The third-order valence-corrected chi connectivity index (χ3v) is 4.91. The predicted octanol–water partition coefficient (Wildman–Crippen LogP) is 4.46. The molecule has 0 aliphatic heterocycles. The third-order valence-electron chi connectivity index (χ3n) is 4.06. The Labute approximate surface area is 153 Å². The Morgan fingerprint density at radius 3 is 2.73 bits per heavy atom. The van der Waals surface area contributed by atoms with Crippen molar-refractivity contribution in [2.45, 2.75) is 24.0 Å². The molecule has 3 aromatic rings. The standard InChI is InChI=1S/C19H15F2N3OS/c20-11-5-8-13(15(21)9-11)17(25)10-26-19-23-16-4-2-1-3-14(16)18(24-19)22-12-6-7-12/h1-5,8-9,12H,6-7,10H2,(H,22,23,24). The molecule has 0 saturated heterocycles. The molecule has 1 saturated carbocycles. The van der Waals surface area contributed by atoms with Crippen LogP contribution in [0.2, 0.25) is 0 Å². The van der Waals surface area contributed by atoms with Gasteiger partial charge in [0.2, 0.25) is 0 Å². The van der Waals surface area contributed by atoms with E-state index in [0.29, 0.717) is 17.3 Å². The number of halogens is 2. The van der Waals surface area contributed by atoms with E-state index in [1.807, 2.05) is 24.3 Å². The quantitative estimate of drug-likeness (QED) is 0.394. The first-order valence-electron chi connectivity index (χ1n) is 8.24. The van der Waals surface area contributed by atoms with Crippen molar-refractivity contribution in [3.63, 3.8) is 0 Å². The van der Waals surface area contributed by atoms with Gasteiger partial charge in [-0.15, -0.1) is 0 Å². The fourth-order valence-electron chi connectivity index (χ4n) is 2.57. The van der Waals surface area contributed by atoms with E-state index in [1.165, 1.54) is 0 Å². The lowest BCUT2D eigenvalue weighted by Crippen LogP contribution is -2.08. The maximum absolute atomic E-state index is 13.7. The Morgan fingerprint density at radius 1 is 1.15 bits per heavy atom. The first kappa shape index (κ1) is 16.9. The van der Waals surface area contributed by atoms with Crippen LogP contribution in [-0.4, -0.2) is 27.5 Å². The van der Waals surface area contributed by atoms with E-state index in [9.17, 15) is 13.6 Å². The van der Waals surface area contributed by atoms with Crippen molar-refractivity contribution in [3.8, 4) is 0 Å². The minimum Gasteiger partial charge on any atom is -0.367 e. The molecule has 0 radical (unpaired) electrons. The average molecular weight is 371 g/mol. The van der Waals surface area contributed by atoms with Crippen LogP contribution in [0.1, 0.15) is 23.2 Å². The molecular formula is C19H15F2N3OS. The third kappa shape index (κ3) is 3.67. The first-order chi connectivity index (χ1) is 12.6. The summed E-state index contributed by atoms with van der Waals surface area (Å²) in [4.78, 5) is 21.2. The lowest BCUT2D eigenvalue weighted by Gasteiger charge is -2.10. The monoisotopic (exact) mass is 371 g/mol. The number of ketones is 1.